The molecule has 0 spiro atoms. The first kappa shape index (κ1) is 12.3. The molecule has 1 fully saturated rings. The summed E-state index contributed by atoms with van der Waals surface area (Å²) in [7, 11) is 1.55. The molecule has 1 aromatic carbocycles. The van der Waals surface area contributed by atoms with Crippen LogP contribution in [0.25, 0.3) is 0 Å². The second-order valence-electron chi connectivity index (χ2n) is 4.43. The van der Waals surface area contributed by atoms with E-state index in [9.17, 15) is 9.50 Å². The summed E-state index contributed by atoms with van der Waals surface area (Å²) in [4.78, 5) is 0. The molecular weight excluding hydrogens is 221 g/mol. The van der Waals surface area contributed by atoms with Crippen molar-refractivity contribution in [3.05, 3.63) is 29.6 Å². The molecule has 0 aromatic heterocycles. The number of hydrogen-bond donors (Lipinski definition) is 2. The first-order valence-corrected chi connectivity index (χ1v) is 5.94. The van der Waals surface area contributed by atoms with Gasteiger partial charge >= 0.3 is 0 Å². The van der Waals surface area contributed by atoms with Crippen LogP contribution in [0.15, 0.2) is 18.2 Å². The second kappa shape index (κ2) is 5.47. The van der Waals surface area contributed by atoms with Crippen LogP contribution in [0.5, 0.6) is 5.75 Å². The van der Waals surface area contributed by atoms with Crippen molar-refractivity contribution in [2.75, 3.05) is 13.7 Å². The number of methoxy groups -OCH3 is 1. The van der Waals surface area contributed by atoms with Gasteiger partial charge in [0.15, 0.2) is 0 Å². The summed E-state index contributed by atoms with van der Waals surface area (Å²) in [5.41, 5.74) is 0.716. The highest BCUT2D eigenvalue weighted by Crippen LogP contribution is 2.23. The lowest BCUT2D eigenvalue weighted by atomic mass is 10.00. The SMILES string of the molecule is COc1ccc(F)cc1CC(O)C1CCCN1. The van der Waals surface area contributed by atoms with Crippen LogP contribution >= 0.6 is 0 Å². The Bertz CT molecular complexity index is 378. The van der Waals surface area contributed by atoms with Gasteiger partial charge < -0.3 is 15.2 Å². The number of ether oxygens (including phenoxy) is 1. The van der Waals surface area contributed by atoms with E-state index in [-0.39, 0.29) is 11.9 Å². The molecule has 0 saturated carbocycles. The largest absolute Gasteiger partial charge is 0.496 e. The van der Waals surface area contributed by atoms with Crippen molar-refractivity contribution in [1.29, 1.82) is 0 Å². The van der Waals surface area contributed by atoms with Crippen LogP contribution in [0.4, 0.5) is 4.39 Å². The van der Waals surface area contributed by atoms with Crippen LogP contribution in [0, 0.1) is 5.82 Å². The van der Waals surface area contributed by atoms with Gasteiger partial charge in [0.1, 0.15) is 11.6 Å². The number of halogens is 1. The zero-order valence-corrected chi connectivity index (χ0v) is 9.95. The molecule has 2 rings (SSSR count). The van der Waals surface area contributed by atoms with E-state index in [1.54, 1.807) is 13.2 Å². The van der Waals surface area contributed by atoms with Gasteiger partial charge in [-0.15, -0.1) is 0 Å². The standard InChI is InChI=1S/C13H18FNO2/c1-17-13-5-4-10(14)7-9(13)8-12(16)11-3-2-6-15-11/h4-5,7,11-12,15-16H,2-3,6,8H2,1H3. The highest BCUT2D eigenvalue weighted by Gasteiger charge is 2.23. The van der Waals surface area contributed by atoms with Crippen LogP contribution in [0.1, 0.15) is 18.4 Å². The molecule has 1 aliphatic rings. The predicted molar refractivity (Wildman–Crippen MR) is 63.7 cm³/mol. The van der Waals surface area contributed by atoms with Gasteiger partial charge in [-0.1, -0.05) is 0 Å². The normalized spacial score (nSPS) is 21.5. The molecule has 1 aliphatic heterocycles. The Morgan fingerprint density at radius 1 is 1.59 bits per heavy atom. The molecule has 0 bridgehead atoms. The quantitative estimate of drug-likeness (QED) is 0.836. The monoisotopic (exact) mass is 239 g/mol. The van der Waals surface area contributed by atoms with Crippen molar-refractivity contribution in [3.8, 4) is 5.75 Å². The summed E-state index contributed by atoms with van der Waals surface area (Å²) in [6.45, 7) is 0.946. The average Bonchev–Trinajstić information content (AvgIpc) is 2.83. The maximum atomic E-state index is 13.2. The minimum absolute atomic E-state index is 0.114. The minimum atomic E-state index is -0.492. The molecule has 2 unspecified atom stereocenters. The molecule has 0 amide bonds. The number of aliphatic hydroxyl groups excluding tert-OH is 1. The topological polar surface area (TPSA) is 41.5 Å². The number of aliphatic hydroxyl groups is 1. The fourth-order valence-electron chi connectivity index (χ4n) is 2.31. The van der Waals surface area contributed by atoms with E-state index >= 15 is 0 Å². The molecule has 1 aromatic rings. The molecule has 17 heavy (non-hydrogen) atoms. The first-order chi connectivity index (χ1) is 8.20. The fourth-order valence-corrected chi connectivity index (χ4v) is 2.31. The van der Waals surface area contributed by atoms with Crippen molar-refractivity contribution < 1.29 is 14.2 Å². The van der Waals surface area contributed by atoms with E-state index in [0.29, 0.717) is 17.7 Å². The molecule has 2 N–H and O–H groups in total. The Balaban J connectivity index is 2.08. The van der Waals surface area contributed by atoms with Crippen molar-refractivity contribution in [1.82, 2.24) is 5.32 Å². The summed E-state index contributed by atoms with van der Waals surface area (Å²) in [5, 5.41) is 13.3. The Morgan fingerprint density at radius 3 is 3.06 bits per heavy atom. The van der Waals surface area contributed by atoms with Gasteiger partial charge in [0, 0.05) is 12.5 Å². The predicted octanol–water partition coefficient (Wildman–Crippen LogP) is 1.49. The Labute approximate surface area is 101 Å². The highest BCUT2D eigenvalue weighted by molar-refractivity contribution is 5.34. The van der Waals surface area contributed by atoms with Gasteiger partial charge in [-0.2, -0.15) is 0 Å². The lowest BCUT2D eigenvalue weighted by Gasteiger charge is -2.19. The summed E-state index contributed by atoms with van der Waals surface area (Å²) in [6.07, 6.45) is 1.98. The summed E-state index contributed by atoms with van der Waals surface area (Å²) in [6, 6.07) is 4.50. The zero-order valence-electron chi connectivity index (χ0n) is 9.95. The van der Waals surface area contributed by atoms with Gasteiger partial charge in [0.2, 0.25) is 0 Å². The van der Waals surface area contributed by atoms with Gasteiger partial charge in [0.25, 0.3) is 0 Å². The van der Waals surface area contributed by atoms with E-state index in [1.165, 1.54) is 12.1 Å². The van der Waals surface area contributed by atoms with E-state index in [0.717, 1.165) is 19.4 Å². The third-order valence-electron chi connectivity index (χ3n) is 3.23. The van der Waals surface area contributed by atoms with Crippen molar-refractivity contribution in [2.24, 2.45) is 0 Å². The van der Waals surface area contributed by atoms with Crippen LogP contribution in [-0.4, -0.2) is 30.9 Å². The van der Waals surface area contributed by atoms with Gasteiger partial charge in [-0.05, 0) is 43.1 Å². The molecule has 94 valence electrons. The number of hydrogen-bond acceptors (Lipinski definition) is 3. The van der Waals surface area contributed by atoms with Crippen LogP contribution < -0.4 is 10.1 Å². The zero-order chi connectivity index (χ0) is 12.3. The van der Waals surface area contributed by atoms with Crippen LogP contribution in [-0.2, 0) is 6.42 Å². The lowest BCUT2D eigenvalue weighted by Crippen LogP contribution is -2.36. The minimum Gasteiger partial charge on any atom is -0.496 e. The maximum absolute atomic E-state index is 13.2. The van der Waals surface area contributed by atoms with Crippen LogP contribution in [0.3, 0.4) is 0 Å². The third kappa shape index (κ3) is 2.96. The smallest absolute Gasteiger partial charge is 0.123 e. The van der Waals surface area contributed by atoms with E-state index in [4.69, 9.17) is 4.74 Å². The van der Waals surface area contributed by atoms with Crippen LogP contribution in [0.2, 0.25) is 0 Å². The summed E-state index contributed by atoms with van der Waals surface area (Å²) < 4.78 is 18.3. The molecule has 3 nitrogen and oxygen atoms in total. The Hall–Kier alpha value is -1.13. The van der Waals surface area contributed by atoms with Gasteiger partial charge in [0.05, 0.1) is 13.2 Å². The third-order valence-corrected chi connectivity index (χ3v) is 3.23. The Kier molecular flexibility index (Phi) is 3.97. The molecule has 1 heterocycles. The highest BCUT2D eigenvalue weighted by atomic mass is 19.1. The fraction of sp³-hybridized carbons (Fsp3) is 0.538. The van der Waals surface area contributed by atoms with Gasteiger partial charge in [-0.25, -0.2) is 4.39 Å². The molecule has 2 atom stereocenters. The lowest BCUT2D eigenvalue weighted by molar-refractivity contribution is 0.135. The van der Waals surface area contributed by atoms with Crippen molar-refractivity contribution in [3.63, 3.8) is 0 Å². The Morgan fingerprint density at radius 2 is 2.41 bits per heavy atom. The maximum Gasteiger partial charge on any atom is 0.123 e. The van der Waals surface area contributed by atoms with Crippen molar-refractivity contribution in [2.45, 2.75) is 31.4 Å². The molecular formula is C13H18FNO2. The summed E-state index contributed by atoms with van der Waals surface area (Å²) in [5.74, 6) is 0.329. The number of rotatable bonds is 4. The van der Waals surface area contributed by atoms with Gasteiger partial charge in [-0.3, -0.25) is 0 Å². The molecule has 1 saturated heterocycles. The first-order valence-electron chi connectivity index (χ1n) is 5.94. The number of benzene rings is 1. The molecule has 0 aliphatic carbocycles. The summed E-state index contributed by atoms with van der Waals surface area (Å²) >= 11 is 0. The van der Waals surface area contributed by atoms with E-state index < -0.39 is 6.10 Å². The molecule has 4 heteroatoms. The molecule has 0 radical (unpaired) electrons. The van der Waals surface area contributed by atoms with Crippen molar-refractivity contribution >= 4 is 0 Å². The van der Waals surface area contributed by atoms with E-state index in [2.05, 4.69) is 5.32 Å². The number of nitrogens with one attached hydrogen (secondary N) is 1. The van der Waals surface area contributed by atoms with E-state index in [1.807, 2.05) is 0 Å². The average molecular weight is 239 g/mol. The second-order valence-corrected chi connectivity index (χ2v) is 4.43.